The predicted molar refractivity (Wildman–Crippen MR) is 125 cm³/mol. The van der Waals surface area contributed by atoms with E-state index in [2.05, 4.69) is 10.3 Å². The maximum Gasteiger partial charge on any atom is 0.251 e. The molecule has 0 radical (unpaired) electrons. The van der Waals surface area contributed by atoms with Crippen molar-refractivity contribution in [2.75, 3.05) is 12.4 Å². The highest BCUT2D eigenvalue weighted by atomic mass is 32.1. The normalized spacial score (nSPS) is 10.9. The van der Waals surface area contributed by atoms with E-state index < -0.39 is 0 Å². The smallest absolute Gasteiger partial charge is 0.251 e. The Morgan fingerprint density at radius 1 is 1.16 bits per heavy atom. The molecule has 1 amide bonds. The summed E-state index contributed by atoms with van der Waals surface area (Å²) in [6.45, 7) is 4.18. The van der Waals surface area contributed by atoms with Gasteiger partial charge in [-0.2, -0.15) is 0 Å². The minimum absolute atomic E-state index is 0.148. The molecular weight excluding hydrogens is 410 g/mol. The summed E-state index contributed by atoms with van der Waals surface area (Å²) in [4.78, 5) is 29.7. The Morgan fingerprint density at radius 3 is 2.68 bits per heavy atom. The van der Waals surface area contributed by atoms with Crippen molar-refractivity contribution in [3.8, 4) is 17.0 Å². The third-order valence-electron chi connectivity index (χ3n) is 5.18. The number of amides is 1. The molecule has 6 nitrogen and oxygen atoms in total. The maximum absolute atomic E-state index is 12.6. The summed E-state index contributed by atoms with van der Waals surface area (Å²) >= 11 is 1.38. The molecule has 0 bridgehead atoms. The van der Waals surface area contributed by atoms with Crippen molar-refractivity contribution in [2.24, 2.45) is 0 Å². The summed E-state index contributed by atoms with van der Waals surface area (Å²) in [7, 11) is 1.58. The van der Waals surface area contributed by atoms with Crippen LogP contribution in [-0.4, -0.2) is 22.6 Å². The Morgan fingerprint density at radius 2 is 1.94 bits per heavy atom. The van der Waals surface area contributed by atoms with Crippen LogP contribution in [0.1, 0.15) is 17.5 Å². The second-order valence-corrected chi connectivity index (χ2v) is 8.23. The molecule has 0 aliphatic heterocycles. The highest BCUT2D eigenvalue weighted by Crippen LogP contribution is 2.27. The fourth-order valence-electron chi connectivity index (χ4n) is 3.54. The number of hydrogen-bond donors (Lipinski definition) is 1. The van der Waals surface area contributed by atoms with E-state index in [0.717, 1.165) is 22.2 Å². The number of fused-ring (bicyclic) bond motifs is 1. The van der Waals surface area contributed by atoms with Crippen molar-refractivity contribution in [3.63, 3.8) is 0 Å². The monoisotopic (exact) mass is 433 g/mol. The SMILES string of the molecule is COc1cccc2c(C)cc(=O)n(CCC(=O)Nc3nc(-c4ccc(C)cc4)cs3)c12. The Balaban J connectivity index is 1.50. The quantitative estimate of drug-likeness (QED) is 0.475. The molecule has 0 aliphatic carbocycles. The average molecular weight is 434 g/mol. The van der Waals surface area contributed by atoms with Gasteiger partial charge in [0, 0.05) is 35.4 Å². The number of nitrogens with one attached hydrogen (secondary N) is 1. The number of hydrogen-bond acceptors (Lipinski definition) is 5. The van der Waals surface area contributed by atoms with Gasteiger partial charge in [0.25, 0.3) is 5.56 Å². The van der Waals surface area contributed by atoms with Crippen LogP contribution in [0.4, 0.5) is 5.13 Å². The third kappa shape index (κ3) is 4.36. The van der Waals surface area contributed by atoms with Gasteiger partial charge >= 0.3 is 0 Å². The summed E-state index contributed by atoms with van der Waals surface area (Å²) in [5, 5.41) is 6.24. The van der Waals surface area contributed by atoms with E-state index in [4.69, 9.17) is 4.74 Å². The molecule has 0 spiro atoms. The molecule has 1 N–H and O–H groups in total. The Labute approximate surface area is 184 Å². The molecule has 0 unspecified atom stereocenters. The van der Waals surface area contributed by atoms with Crippen LogP contribution >= 0.6 is 11.3 Å². The Hall–Kier alpha value is -3.45. The van der Waals surface area contributed by atoms with Gasteiger partial charge in [-0.05, 0) is 25.5 Å². The van der Waals surface area contributed by atoms with Crippen LogP contribution in [0.2, 0.25) is 0 Å². The van der Waals surface area contributed by atoms with Crippen LogP contribution in [-0.2, 0) is 11.3 Å². The van der Waals surface area contributed by atoms with Crippen LogP contribution in [0, 0.1) is 13.8 Å². The molecule has 2 aromatic carbocycles. The van der Waals surface area contributed by atoms with Crippen molar-refractivity contribution >= 4 is 33.3 Å². The van der Waals surface area contributed by atoms with Crippen molar-refractivity contribution in [1.29, 1.82) is 0 Å². The van der Waals surface area contributed by atoms with Crippen LogP contribution < -0.4 is 15.6 Å². The highest BCUT2D eigenvalue weighted by Gasteiger charge is 2.13. The van der Waals surface area contributed by atoms with Gasteiger partial charge in [0.05, 0.1) is 18.3 Å². The highest BCUT2D eigenvalue weighted by molar-refractivity contribution is 7.14. The summed E-state index contributed by atoms with van der Waals surface area (Å²) < 4.78 is 7.06. The first-order valence-electron chi connectivity index (χ1n) is 9.96. The number of rotatable bonds is 6. The first kappa shape index (κ1) is 20.8. The zero-order valence-corrected chi connectivity index (χ0v) is 18.5. The number of carbonyl (C=O) groups excluding carboxylic acids is 1. The van der Waals surface area contributed by atoms with Crippen LogP contribution in [0.3, 0.4) is 0 Å². The number of thiazole rings is 1. The number of carbonyl (C=O) groups is 1. The number of nitrogens with zero attached hydrogens (tertiary/aromatic N) is 2. The minimum atomic E-state index is -0.194. The van der Waals surface area contributed by atoms with E-state index in [-0.39, 0.29) is 24.4 Å². The Bertz CT molecular complexity index is 1310. The van der Waals surface area contributed by atoms with Crippen molar-refractivity contribution < 1.29 is 9.53 Å². The van der Waals surface area contributed by atoms with Gasteiger partial charge in [0.2, 0.25) is 5.91 Å². The molecule has 0 aliphatic rings. The van der Waals surface area contributed by atoms with E-state index in [1.807, 2.05) is 61.7 Å². The van der Waals surface area contributed by atoms with Crippen molar-refractivity contribution in [2.45, 2.75) is 26.8 Å². The number of ether oxygens (including phenoxy) is 1. The van der Waals surface area contributed by atoms with E-state index in [1.165, 1.54) is 16.9 Å². The lowest BCUT2D eigenvalue weighted by Gasteiger charge is -2.14. The standard InChI is InChI=1S/C24H23N3O3S/c1-15-7-9-17(10-8-15)19-14-31-24(25-19)26-21(28)11-12-27-22(29)13-16(2)18-5-4-6-20(30-3)23(18)27/h4-10,13-14H,11-12H2,1-3H3,(H,25,26,28). The van der Waals surface area contributed by atoms with Gasteiger partial charge in [-0.3, -0.25) is 9.59 Å². The molecule has 0 fully saturated rings. The molecule has 0 saturated heterocycles. The first-order valence-corrected chi connectivity index (χ1v) is 10.8. The fourth-order valence-corrected chi connectivity index (χ4v) is 4.28. The fraction of sp³-hybridized carbons (Fsp3) is 0.208. The number of benzene rings is 2. The molecule has 2 aromatic heterocycles. The lowest BCUT2D eigenvalue weighted by atomic mass is 10.1. The summed E-state index contributed by atoms with van der Waals surface area (Å²) in [6, 6.07) is 15.3. The maximum atomic E-state index is 12.6. The van der Waals surface area contributed by atoms with Gasteiger partial charge in [0.1, 0.15) is 5.75 Å². The number of para-hydroxylation sites is 1. The van der Waals surface area contributed by atoms with E-state index in [9.17, 15) is 9.59 Å². The second kappa shape index (κ2) is 8.73. The van der Waals surface area contributed by atoms with Crippen molar-refractivity contribution in [3.05, 3.63) is 75.4 Å². The van der Waals surface area contributed by atoms with Gasteiger partial charge in [-0.25, -0.2) is 4.98 Å². The second-order valence-electron chi connectivity index (χ2n) is 7.38. The molecule has 31 heavy (non-hydrogen) atoms. The number of aryl methyl sites for hydroxylation is 3. The predicted octanol–water partition coefficient (Wildman–Crippen LogP) is 4.78. The van der Waals surface area contributed by atoms with Gasteiger partial charge < -0.3 is 14.6 Å². The van der Waals surface area contributed by atoms with Crippen LogP contribution in [0.15, 0.2) is 58.7 Å². The molecule has 0 saturated carbocycles. The molecule has 4 rings (SSSR count). The molecule has 158 valence electrons. The van der Waals surface area contributed by atoms with Gasteiger partial charge in [-0.1, -0.05) is 42.0 Å². The summed E-state index contributed by atoms with van der Waals surface area (Å²) in [5.74, 6) is 0.418. The molecular formula is C24H23N3O3S. The number of aromatic nitrogens is 2. The average Bonchev–Trinajstić information content (AvgIpc) is 3.22. The summed E-state index contributed by atoms with van der Waals surface area (Å²) in [6.07, 6.45) is 0.148. The lowest BCUT2D eigenvalue weighted by molar-refractivity contribution is -0.116. The topological polar surface area (TPSA) is 73.2 Å². The lowest BCUT2D eigenvalue weighted by Crippen LogP contribution is -2.24. The number of pyridine rings is 1. The number of anilines is 1. The van der Waals surface area contributed by atoms with Crippen LogP contribution in [0.25, 0.3) is 22.2 Å². The third-order valence-corrected chi connectivity index (χ3v) is 5.94. The molecule has 4 aromatic rings. The summed E-state index contributed by atoms with van der Waals surface area (Å²) in [5.41, 5.74) is 4.45. The molecule has 0 atom stereocenters. The van der Waals surface area contributed by atoms with Gasteiger partial charge in [0.15, 0.2) is 5.13 Å². The van der Waals surface area contributed by atoms with Crippen molar-refractivity contribution in [1.82, 2.24) is 9.55 Å². The number of methoxy groups -OCH3 is 1. The van der Waals surface area contributed by atoms with E-state index >= 15 is 0 Å². The molecule has 2 heterocycles. The first-order chi connectivity index (χ1) is 15.0. The minimum Gasteiger partial charge on any atom is -0.495 e. The largest absolute Gasteiger partial charge is 0.495 e. The van der Waals surface area contributed by atoms with Gasteiger partial charge in [-0.15, -0.1) is 11.3 Å². The Kier molecular flexibility index (Phi) is 5.86. The zero-order chi connectivity index (χ0) is 22.0. The van der Waals surface area contributed by atoms with E-state index in [1.54, 1.807) is 17.7 Å². The molecule has 7 heteroatoms. The van der Waals surface area contributed by atoms with E-state index in [0.29, 0.717) is 16.4 Å². The zero-order valence-electron chi connectivity index (χ0n) is 17.6. The van der Waals surface area contributed by atoms with Crippen LogP contribution in [0.5, 0.6) is 5.75 Å².